The van der Waals surface area contributed by atoms with Gasteiger partial charge in [0.05, 0.1) is 17.3 Å². The first-order valence-corrected chi connectivity index (χ1v) is 6.02. The highest BCUT2D eigenvalue weighted by Crippen LogP contribution is 2.39. The molecule has 4 heteroatoms. The van der Waals surface area contributed by atoms with Crippen LogP contribution in [0.5, 0.6) is 5.06 Å². The first-order chi connectivity index (χ1) is 6.77. The molecular formula is C10H9IO2S. The van der Waals surface area contributed by atoms with Crippen molar-refractivity contribution >= 4 is 44.0 Å². The predicted octanol–water partition coefficient (Wildman–Crippen LogP) is 3.01. The van der Waals surface area contributed by atoms with Gasteiger partial charge in [0, 0.05) is 10.1 Å². The SMILES string of the molecule is COc1sc2cccc(CO)c2c1I. The lowest BCUT2D eigenvalue weighted by atomic mass is 10.1. The number of thiophene rings is 1. The van der Waals surface area contributed by atoms with E-state index in [1.165, 1.54) is 0 Å². The maximum atomic E-state index is 9.20. The Bertz CT molecular complexity index is 464. The van der Waals surface area contributed by atoms with Crippen LogP contribution >= 0.6 is 33.9 Å². The molecular weight excluding hydrogens is 311 g/mol. The first kappa shape index (κ1) is 10.2. The molecule has 74 valence electrons. The second-order valence-electron chi connectivity index (χ2n) is 2.86. The average Bonchev–Trinajstić information content (AvgIpc) is 2.55. The molecule has 0 amide bonds. The van der Waals surface area contributed by atoms with Crippen molar-refractivity contribution in [1.82, 2.24) is 0 Å². The van der Waals surface area contributed by atoms with Gasteiger partial charge in [-0.3, -0.25) is 0 Å². The molecule has 2 aromatic rings. The number of rotatable bonds is 2. The molecule has 0 bridgehead atoms. The van der Waals surface area contributed by atoms with E-state index < -0.39 is 0 Å². The Morgan fingerprint density at radius 3 is 2.93 bits per heavy atom. The van der Waals surface area contributed by atoms with Crippen LogP contribution in [-0.2, 0) is 6.61 Å². The Labute approximate surface area is 99.7 Å². The summed E-state index contributed by atoms with van der Waals surface area (Å²) in [4.78, 5) is 0. The van der Waals surface area contributed by atoms with Gasteiger partial charge in [-0.15, -0.1) is 0 Å². The van der Waals surface area contributed by atoms with Crippen molar-refractivity contribution in [3.63, 3.8) is 0 Å². The van der Waals surface area contributed by atoms with Gasteiger partial charge in [-0.1, -0.05) is 23.5 Å². The molecule has 1 heterocycles. The number of methoxy groups -OCH3 is 1. The van der Waals surface area contributed by atoms with E-state index in [2.05, 4.69) is 22.6 Å². The summed E-state index contributed by atoms with van der Waals surface area (Å²) in [5, 5.41) is 11.2. The minimum Gasteiger partial charge on any atom is -0.486 e. The van der Waals surface area contributed by atoms with Crippen LogP contribution in [0.3, 0.4) is 0 Å². The van der Waals surface area contributed by atoms with Crippen molar-refractivity contribution in [2.75, 3.05) is 7.11 Å². The van der Waals surface area contributed by atoms with Crippen LogP contribution in [0.4, 0.5) is 0 Å². The molecule has 0 unspecified atom stereocenters. The van der Waals surface area contributed by atoms with E-state index in [4.69, 9.17) is 4.74 Å². The fraction of sp³-hybridized carbons (Fsp3) is 0.200. The molecule has 14 heavy (non-hydrogen) atoms. The minimum atomic E-state index is 0.0766. The van der Waals surface area contributed by atoms with Crippen molar-refractivity contribution in [1.29, 1.82) is 0 Å². The molecule has 1 aromatic carbocycles. The summed E-state index contributed by atoms with van der Waals surface area (Å²) in [5.41, 5.74) is 0.964. The van der Waals surface area contributed by atoms with E-state index >= 15 is 0 Å². The smallest absolute Gasteiger partial charge is 0.188 e. The fourth-order valence-corrected chi connectivity index (χ4v) is 3.75. The van der Waals surface area contributed by atoms with Crippen LogP contribution < -0.4 is 4.74 Å². The molecule has 0 radical (unpaired) electrons. The second kappa shape index (κ2) is 4.04. The van der Waals surface area contributed by atoms with Gasteiger partial charge in [0.25, 0.3) is 0 Å². The highest BCUT2D eigenvalue weighted by molar-refractivity contribution is 14.1. The van der Waals surface area contributed by atoms with E-state index in [-0.39, 0.29) is 6.61 Å². The summed E-state index contributed by atoms with van der Waals surface area (Å²) in [6.45, 7) is 0.0766. The number of ether oxygens (including phenoxy) is 1. The van der Waals surface area contributed by atoms with Crippen LogP contribution in [0.2, 0.25) is 0 Å². The summed E-state index contributed by atoms with van der Waals surface area (Å²) in [6, 6.07) is 5.94. The number of aliphatic hydroxyl groups excluding tert-OH is 1. The maximum Gasteiger partial charge on any atom is 0.188 e. The molecule has 0 atom stereocenters. The van der Waals surface area contributed by atoms with Gasteiger partial charge < -0.3 is 9.84 Å². The maximum absolute atomic E-state index is 9.20. The summed E-state index contributed by atoms with van der Waals surface area (Å²) in [5.74, 6) is 0. The van der Waals surface area contributed by atoms with E-state index in [1.54, 1.807) is 18.4 Å². The summed E-state index contributed by atoms with van der Waals surface area (Å²) in [7, 11) is 1.67. The normalized spacial score (nSPS) is 10.8. The van der Waals surface area contributed by atoms with Gasteiger partial charge in [-0.25, -0.2) is 0 Å². The molecule has 2 nitrogen and oxygen atoms in total. The predicted molar refractivity (Wildman–Crippen MR) is 67.0 cm³/mol. The van der Waals surface area contributed by atoms with Gasteiger partial charge in [0.2, 0.25) is 0 Å². The van der Waals surface area contributed by atoms with E-state index in [0.717, 1.165) is 24.3 Å². The number of fused-ring (bicyclic) bond motifs is 1. The van der Waals surface area contributed by atoms with Gasteiger partial charge in [0.15, 0.2) is 5.06 Å². The Morgan fingerprint density at radius 1 is 1.50 bits per heavy atom. The van der Waals surface area contributed by atoms with E-state index in [1.807, 2.05) is 18.2 Å². The Kier molecular flexibility index (Phi) is 2.94. The minimum absolute atomic E-state index is 0.0766. The quantitative estimate of drug-likeness (QED) is 0.862. The molecule has 0 aliphatic heterocycles. The second-order valence-corrected chi connectivity index (χ2v) is 4.95. The van der Waals surface area contributed by atoms with Crippen LogP contribution in [0.25, 0.3) is 10.1 Å². The molecule has 0 saturated carbocycles. The van der Waals surface area contributed by atoms with E-state index in [9.17, 15) is 5.11 Å². The van der Waals surface area contributed by atoms with Crippen LogP contribution in [-0.4, -0.2) is 12.2 Å². The summed E-state index contributed by atoms with van der Waals surface area (Å²) >= 11 is 3.87. The fourth-order valence-electron chi connectivity index (χ4n) is 1.42. The standard InChI is InChI=1S/C10H9IO2S/c1-13-10-9(11)8-6(5-12)3-2-4-7(8)14-10/h2-4,12H,5H2,1H3. The number of hydrogen-bond donors (Lipinski definition) is 1. The number of aliphatic hydroxyl groups is 1. The monoisotopic (exact) mass is 320 g/mol. The zero-order chi connectivity index (χ0) is 10.1. The summed E-state index contributed by atoms with van der Waals surface area (Å²) < 4.78 is 7.52. The van der Waals surface area contributed by atoms with Crippen LogP contribution in [0.1, 0.15) is 5.56 Å². The van der Waals surface area contributed by atoms with Gasteiger partial charge in [-0.05, 0) is 34.2 Å². The third-order valence-corrected chi connectivity index (χ3v) is 4.58. The van der Waals surface area contributed by atoms with Gasteiger partial charge in [0.1, 0.15) is 0 Å². The molecule has 1 aromatic heterocycles. The highest BCUT2D eigenvalue weighted by atomic mass is 127. The van der Waals surface area contributed by atoms with Crippen molar-refractivity contribution < 1.29 is 9.84 Å². The average molecular weight is 320 g/mol. The van der Waals surface area contributed by atoms with Crippen molar-refractivity contribution in [2.45, 2.75) is 6.61 Å². The van der Waals surface area contributed by atoms with Crippen LogP contribution in [0, 0.1) is 3.57 Å². The Morgan fingerprint density at radius 2 is 2.29 bits per heavy atom. The lowest BCUT2D eigenvalue weighted by Gasteiger charge is -1.99. The Hall–Kier alpha value is -0.330. The zero-order valence-electron chi connectivity index (χ0n) is 7.58. The van der Waals surface area contributed by atoms with Gasteiger partial charge in [-0.2, -0.15) is 0 Å². The lowest BCUT2D eigenvalue weighted by Crippen LogP contribution is -1.85. The molecule has 0 aliphatic rings. The third kappa shape index (κ3) is 1.51. The molecule has 0 spiro atoms. The molecule has 0 fully saturated rings. The van der Waals surface area contributed by atoms with Crippen molar-refractivity contribution in [3.8, 4) is 5.06 Å². The molecule has 2 rings (SSSR count). The number of halogens is 1. The largest absolute Gasteiger partial charge is 0.486 e. The van der Waals surface area contributed by atoms with Crippen molar-refractivity contribution in [3.05, 3.63) is 27.3 Å². The highest BCUT2D eigenvalue weighted by Gasteiger charge is 2.12. The summed E-state index contributed by atoms with van der Waals surface area (Å²) in [6.07, 6.45) is 0. The first-order valence-electron chi connectivity index (χ1n) is 4.12. The zero-order valence-corrected chi connectivity index (χ0v) is 10.6. The third-order valence-electron chi connectivity index (χ3n) is 2.07. The van der Waals surface area contributed by atoms with E-state index in [0.29, 0.717) is 0 Å². The van der Waals surface area contributed by atoms with Crippen LogP contribution in [0.15, 0.2) is 18.2 Å². The number of benzene rings is 1. The Balaban J connectivity index is 2.79. The number of hydrogen-bond acceptors (Lipinski definition) is 3. The van der Waals surface area contributed by atoms with Crippen molar-refractivity contribution in [2.24, 2.45) is 0 Å². The molecule has 0 aliphatic carbocycles. The lowest BCUT2D eigenvalue weighted by molar-refractivity contribution is 0.283. The molecule has 0 saturated heterocycles. The topological polar surface area (TPSA) is 29.5 Å². The van der Waals surface area contributed by atoms with Gasteiger partial charge >= 0.3 is 0 Å². The molecule has 1 N–H and O–H groups in total.